The largest absolute Gasteiger partial charge is 0.379 e. The first-order valence-corrected chi connectivity index (χ1v) is 7.36. The van der Waals surface area contributed by atoms with Gasteiger partial charge in [-0.2, -0.15) is 0 Å². The van der Waals surface area contributed by atoms with Gasteiger partial charge in [-0.1, -0.05) is 27.7 Å². The zero-order valence-electron chi connectivity index (χ0n) is 13.1. The minimum atomic E-state index is 0.719. The summed E-state index contributed by atoms with van der Waals surface area (Å²) in [4.78, 5) is 2.31. The van der Waals surface area contributed by atoms with Crippen molar-refractivity contribution in [3.05, 3.63) is 0 Å². The van der Waals surface area contributed by atoms with E-state index in [1.54, 1.807) is 0 Å². The fraction of sp³-hybridized carbons (Fsp3) is 1.00. The molecule has 0 amide bonds. The number of hydrogen-bond acceptors (Lipinski definition) is 3. The fourth-order valence-electron chi connectivity index (χ4n) is 1.85. The maximum atomic E-state index is 5.55. The van der Waals surface area contributed by atoms with Crippen LogP contribution in [0.15, 0.2) is 0 Å². The summed E-state index contributed by atoms with van der Waals surface area (Å²) in [6.07, 6.45) is 2.41. The maximum Gasteiger partial charge on any atom is 0.0701 e. The first-order chi connectivity index (χ1) is 8.52. The molecule has 0 spiro atoms. The van der Waals surface area contributed by atoms with Gasteiger partial charge in [0.25, 0.3) is 0 Å². The van der Waals surface area contributed by atoms with E-state index in [0.29, 0.717) is 0 Å². The van der Waals surface area contributed by atoms with E-state index in [-0.39, 0.29) is 0 Å². The van der Waals surface area contributed by atoms with E-state index in [2.05, 4.69) is 39.6 Å². The van der Waals surface area contributed by atoms with Gasteiger partial charge in [-0.25, -0.2) is 0 Å². The van der Waals surface area contributed by atoms with E-state index in [1.165, 1.54) is 6.42 Å². The topological polar surface area (TPSA) is 21.7 Å². The standard InChI is InChI=1S/C15H33NO2/c1-14(2)7-6-9-17-11-12-18-10-8-16(5)13-15(3)4/h14-15H,6-13H2,1-5H3. The molecule has 0 bridgehead atoms. The van der Waals surface area contributed by atoms with E-state index < -0.39 is 0 Å². The molecule has 0 rings (SSSR count). The molecule has 0 atom stereocenters. The van der Waals surface area contributed by atoms with Crippen molar-refractivity contribution in [1.29, 1.82) is 0 Å². The van der Waals surface area contributed by atoms with Gasteiger partial charge in [0, 0.05) is 19.7 Å². The van der Waals surface area contributed by atoms with Crippen LogP contribution in [-0.2, 0) is 9.47 Å². The minimum Gasteiger partial charge on any atom is -0.379 e. The van der Waals surface area contributed by atoms with Gasteiger partial charge in [-0.15, -0.1) is 0 Å². The zero-order valence-corrected chi connectivity index (χ0v) is 13.1. The molecule has 3 heteroatoms. The second kappa shape index (κ2) is 11.9. The molecule has 0 aliphatic heterocycles. The molecule has 0 aromatic rings. The van der Waals surface area contributed by atoms with Crippen LogP contribution < -0.4 is 0 Å². The van der Waals surface area contributed by atoms with Crippen LogP contribution in [0.2, 0.25) is 0 Å². The van der Waals surface area contributed by atoms with Crippen molar-refractivity contribution in [3.63, 3.8) is 0 Å². The molecule has 0 unspecified atom stereocenters. The van der Waals surface area contributed by atoms with Gasteiger partial charge in [0.2, 0.25) is 0 Å². The van der Waals surface area contributed by atoms with Crippen LogP contribution >= 0.6 is 0 Å². The Labute approximate surface area is 114 Å². The predicted octanol–water partition coefficient (Wildman–Crippen LogP) is 3.04. The number of likely N-dealkylation sites (N-methyl/N-ethyl adjacent to an activating group) is 1. The summed E-state index contributed by atoms with van der Waals surface area (Å²) in [5, 5.41) is 0. The Morgan fingerprint density at radius 1 is 0.833 bits per heavy atom. The zero-order chi connectivity index (χ0) is 13.8. The van der Waals surface area contributed by atoms with Crippen molar-refractivity contribution in [2.45, 2.75) is 40.5 Å². The summed E-state index contributed by atoms with van der Waals surface area (Å²) in [5.74, 6) is 1.50. The molecule has 0 saturated heterocycles. The molecule has 3 nitrogen and oxygen atoms in total. The van der Waals surface area contributed by atoms with E-state index >= 15 is 0 Å². The third-order valence-corrected chi connectivity index (χ3v) is 2.74. The van der Waals surface area contributed by atoms with Crippen molar-refractivity contribution in [1.82, 2.24) is 4.90 Å². The number of nitrogens with zero attached hydrogens (tertiary/aromatic N) is 1. The minimum absolute atomic E-state index is 0.719. The average molecular weight is 259 g/mol. The van der Waals surface area contributed by atoms with Gasteiger partial charge in [0.05, 0.1) is 19.8 Å². The highest BCUT2D eigenvalue weighted by atomic mass is 16.5. The monoisotopic (exact) mass is 259 g/mol. The second-order valence-electron chi connectivity index (χ2n) is 5.92. The van der Waals surface area contributed by atoms with Crippen molar-refractivity contribution >= 4 is 0 Å². The summed E-state index contributed by atoms with van der Waals surface area (Å²) >= 11 is 0. The molecular formula is C15H33NO2. The molecule has 0 N–H and O–H groups in total. The molecule has 0 saturated carbocycles. The Morgan fingerprint density at radius 3 is 2.00 bits per heavy atom. The lowest BCUT2D eigenvalue weighted by Crippen LogP contribution is -2.27. The summed E-state index contributed by atoms with van der Waals surface area (Å²) in [5.41, 5.74) is 0. The molecular weight excluding hydrogens is 226 g/mol. The third-order valence-electron chi connectivity index (χ3n) is 2.74. The first-order valence-electron chi connectivity index (χ1n) is 7.36. The van der Waals surface area contributed by atoms with Crippen LogP contribution in [0.3, 0.4) is 0 Å². The van der Waals surface area contributed by atoms with E-state index in [4.69, 9.17) is 9.47 Å². The Hall–Kier alpha value is -0.120. The van der Waals surface area contributed by atoms with Gasteiger partial charge in [-0.3, -0.25) is 0 Å². The van der Waals surface area contributed by atoms with Gasteiger partial charge < -0.3 is 14.4 Å². The van der Waals surface area contributed by atoms with Crippen LogP contribution in [0.25, 0.3) is 0 Å². The number of hydrogen-bond donors (Lipinski definition) is 0. The van der Waals surface area contributed by atoms with E-state index in [1.807, 2.05) is 0 Å². The quantitative estimate of drug-likeness (QED) is 0.503. The molecule has 0 heterocycles. The van der Waals surface area contributed by atoms with Crippen LogP contribution in [0, 0.1) is 11.8 Å². The normalized spacial score (nSPS) is 12.0. The summed E-state index contributed by atoms with van der Waals surface area (Å²) < 4.78 is 11.1. The van der Waals surface area contributed by atoms with Crippen molar-refractivity contribution in [2.24, 2.45) is 11.8 Å². The Bertz CT molecular complexity index is 172. The maximum absolute atomic E-state index is 5.55. The van der Waals surface area contributed by atoms with E-state index in [9.17, 15) is 0 Å². The number of ether oxygens (including phenoxy) is 2. The third kappa shape index (κ3) is 13.9. The first kappa shape index (κ1) is 17.9. The molecule has 0 aromatic heterocycles. The van der Waals surface area contributed by atoms with E-state index in [0.717, 1.165) is 57.8 Å². The van der Waals surface area contributed by atoms with Gasteiger partial charge >= 0.3 is 0 Å². The van der Waals surface area contributed by atoms with Crippen LogP contribution in [0.4, 0.5) is 0 Å². The molecule has 0 radical (unpaired) electrons. The highest BCUT2D eigenvalue weighted by Gasteiger charge is 2.01. The lowest BCUT2D eigenvalue weighted by Gasteiger charge is -2.18. The molecule has 0 aliphatic rings. The molecule has 0 fully saturated rings. The number of rotatable bonds is 12. The van der Waals surface area contributed by atoms with Gasteiger partial charge in [0.15, 0.2) is 0 Å². The Balaban J connectivity index is 3.11. The molecule has 0 aliphatic carbocycles. The lowest BCUT2D eigenvalue weighted by molar-refractivity contribution is 0.0383. The van der Waals surface area contributed by atoms with Gasteiger partial charge in [-0.05, 0) is 31.7 Å². The average Bonchev–Trinajstić information content (AvgIpc) is 2.25. The second-order valence-corrected chi connectivity index (χ2v) is 5.92. The highest BCUT2D eigenvalue weighted by molar-refractivity contribution is 4.53. The van der Waals surface area contributed by atoms with Gasteiger partial charge in [0.1, 0.15) is 0 Å². The van der Waals surface area contributed by atoms with Crippen LogP contribution in [0.5, 0.6) is 0 Å². The Morgan fingerprint density at radius 2 is 1.44 bits per heavy atom. The molecule has 0 aromatic carbocycles. The molecule has 110 valence electrons. The Kier molecular flexibility index (Phi) is 11.9. The highest BCUT2D eigenvalue weighted by Crippen LogP contribution is 2.02. The summed E-state index contributed by atoms with van der Waals surface area (Å²) in [6, 6.07) is 0. The summed E-state index contributed by atoms with van der Waals surface area (Å²) in [7, 11) is 2.14. The lowest BCUT2D eigenvalue weighted by atomic mass is 10.1. The predicted molar refractivity (Wildman–Crippen MR) is 78.0 cm³/mol. The molecule has 18 heavy (non-hydrogen) atoms. The van der Waals surface area contributed by atoms with Crippen molar-refractivity contribution in [2.75, 3.05) is 46.6 Å². The smallest absolute Gasteiger partial charge is 0.0701 e. The van der Waals surface area contributed by atoms with Crippen LogP contribution in [0.1, 0.15) is 40.5 Å². The summed E-state index contributed by atoms with van der Waals surface area (Å²) in [6.45, 7) is 14.2. The van der Waals surface area contributed by atoms with Crippen molar-refractivity contribution < 1.29 is 9.47 Å². The van der Waals surface area contributed by atoms with Crippen molar-refractivity contribution in [3.8, 4) is 0 Å². The SMILES string of the molecule is CC(C)CCCOCCOCCN(C)CC(C)C. The fourth-order valence-corrected chi connectivity index (χ4v) is 1.85. The van der Waals surface area contributed by atoms with Crippen LogP contribution in [-0.4, -0.2) is 51.5 Å².